The van der Waals surface area contributed by atoms with Crippen molar-refractivity contribution in [3.05, 3.63) is 93.3 Å². The molecular weight excluding hydrogens is 516 g/mol. The van der Waals surface area contributed by atoms with Gasteiger partial charge in [0.1, 0.15) is 5.60 Å². The summed E-state index contributed by atoms with van der Waals surface area (Å²) in [6.07, 6.45) is 0.986. The summed E-state index contributed by atoms with van der Waals surface area (Å²) in [7, 11) is 0. The molecule has 0 spiro atoms. The van der Waals surface area contributed by atoms with Crippen LogP contribution in [0.4, 0.5) is 21.9 Å². The number of anilines is 2. The lowest BCUT2D eigenvalue weighted by molar-refractivity contribution is -0.384. The van der Waals surface area contributed by atoms with Crippen molar-refractivity contribution in [2.24, 2.45) is 4.99 Å². The summed E-state index contributed by atoms with van der Waals surface area (Å²) in [5.41, 5.74) is 1.88. The molecule has 0 radical (unpaired) electrons. The topological polar surface area (TPSA) is 156 Å². The van der Waals surface area contributed by atoms with Crippen LogP contribution in [0.1, 0.15) is 47.8 Å². The number of nitro groups is 1. The fourth-order valence-corrected chi connectivity index (χ4v) is 4.67. The zero-order valence-electron chi connectivity index (χ0n) is 22.0. The molecule has 2 N–H and O–H groups in total. The molecule has 1 aromatic heterocycles. The van der Waals surface area contributed by atoms with Gasteiger partial charge >= 0.3 is 6.09 Å². The Kier molecular flexibility index (Phi) is 6.76. The third-order valence-corrected chi connectivity index (χ3v) is 6.29. The first-order chi connectivity index (χ1) is 19.0. The highest BCUT2D eigenvalue weighted by Gasteiger charge is 2.39. The number of amides is 3. The SMILES string of the molecule is CC(C)(C)OC(=O)Nc1cnccc1C(=O)N[C@H]1N=C(c2ccccc2)c2cc([N+](=O)[O-])cc3c2N(CC3)C1=O. The van der Waals surface area contributed by atoms with Crippen LogP contribution in [0.5, 0.6) is 0 Å². The monoisotopic (exact) mass is 542 g/mol. The fourth-order valence-electron chi connectivity index (χ4n) is 4.67. The fraction of sp³-hybridized carbons (Fsp3) is 0.250. The zero-order chi connectivity index (χ0) is 28.6. The van der Waals surface area contributed by atoms with Crippen LogP contribution in [0.3, 0.4) is 0 Å². The number of nitrogens with one attached hydrogen (secondary N) is 2. The molecule has 0 aliphatic carbocycles. The second kappa shape index (κ2) is 10.2. The van der Waals surface area contributed by atoms with Crippen LogP contribution >= 0.6 is 0 Å². The number of benzene rings is 2. The first kappa shape index (κ1) is 26.5. The van der Waals surface area contributed by atoms with E-state index >= 15 is 0 Å². The first-order valence-corrected chi connectivity index (χ1v) is 12.5. The minimum Gasteiger partial charge on any atom is -0.444 e. The molecule has 2 aliphatic heterocycles. The smallest absolute Gasteiger partial charge is 0.412 e. The van der Waals surface area contributed by atoms with Crippen molar-refractivity contribution in [1.82, 2.24) is 10.3 Å². The Morgan fingerprint density at radius 3 is 2.60 bits per heavy atom. The van der Waals surface area contributed by atoms with Crippen LogP contribution < -0.4 is 15.5 Å². The van der Waals surface area contributed by atoms with Crippen molar-refractivity contribution in [2.75, 3.05) is 16.8 Å². The summed E-state index contributed by atoms with van der Waals surface area (Å²) in [4.78, 5) is 60.9. The van der Waals surface area contributed by atoms with Gasteiger partial charge in [0.15, 0.2) is 0 Å². The third kappa shape index (κ3) is 5.23. The van der Waals surface area contributed by atoms with E-state index in [1.807, 2.05) is 6.07 Å². The van der Waals surface area contributed by atoms with E-state index in [9.17, 15) is 24.5 Å². The van der Waals surface area contributed by atoms with Gasteiger partial charge in [-0.1, -0.05) is 30.3 Å². The Balaban J connectivity index is 1.54. The minimum absolute atomic E-state index is 0.0460. The van der Waals surface area contributed by atoms with Crippen molar-refractivity contribution in [1.29, 1.82) is 0 Å². The predicted octanol–water partition coefficient (Wildman–Crippen LogP) is 3.83. The Labute approximate surface area is 229 Å². The van der Waals surface area contributed by atoms with E-state index in [0.29, 0.717) is 34.5 Å². The second-order valence-corrected chi connectivity index (χ2v) is 10.3. The average Bonchev–Trinajstić information content (AvgIpc) is 3.29. The van der Waals surface area contributed by atoms with E-state index in [0.717, 1.165) is 0 Å². The first-order valence-electron chi connectivity index (χ1n) is 12.5. The van der Waals surface area contributed by atoms with Gasteiger partial charge in [-0.3, -0.25) is 30.0 Å². The van der Waals surface area contributed by atoms with Gasteiger partial charge in [0, 0.05) is 36.0 Å². The van der Waals surface area contributed by atoms with Gasteiger partial charge in [-0.25, -0.2) is 9.79 Å². The second-order valence-electron chi connectivity index (χ2n) is 10.3. The molecule has 0 saturated carbocycles. The summed E-state index contributed by atoms with van der Waals surface area (Å²) in [5.74, 6) is -1.16. The van der Waals surface area contributed by atoms with Gasteiger partial charge in [0.2, 0.25) is 6.17 Å². The molecule has 0 bridgehead atoms. The number of nitro benzene ring substituents is 1. The van der Waals surface area contributed by atoms with Crippen LogP contribution in [0.25, 0.3) is 0 Å². The molecule has 12 nitrogen and oxygen atoms in total. The maximum atomic E-state index is 13.7. The maximum Gasteiger partial charge on any atom is 0.412 e. The number of nitrogens with zero attached hydrogens (tertiary/aromatic N) is 4. The number of non-ortho nitro benzene ring substituents is 1. The Bertz CT molecular complexity index is 1560. The summed E-state index contributed by atoms with van der Waals surface area (Å²) in [6, 6.07) is 13.2. The molecule has 5 rings (SSSR count). The maximum absolute atomic E-state index is 13.7. The molecule has 40 heavy (non-hydrogen) atoms. The van der Waals surface area contributed by atoms with Crippen molar-refractivity contribution in [3.8, 4) is 0 Å². The van der Waals surface area contributed by atoms with E-state index < -0.39 is 34.6 Å². The summed E-state index contributed by atoms with van der Waals surface area (Å²) in [6.45, 7) is 5.41. The zero-order valence-corrected chi connectivity index (χ0v) is 22.0. The number of carbonyl (C=O) groups excluding carboxylic acids is 3. The van der Waals surface area contributed by atoms with Crippen LogP contribution in [0.2, 0.25) is 0 Å². The number of hydrogen-bond acceptors (Lipinski definition) is 8. The molecular formula is C28H26N6O6. The number of ether oxygens (including phenoxy) is 1. The highest BCUT2D eigenvalue weighted by molar-refractivity contribution is 6.21. The van der Waals surface area contributed by atoms with Crippen LogP contribution in [0, 0.1) is 10.1 Å². The van der Waals surface area contributed by atoms with Gasteiger partial charge in [-0.05, 0) is 38.8 Å². The van der Waals surface area contributed by atoms with E-state index in [2.05, 4.69) is 20.6 Å². The molecule has 2 aliphatic rings. The normalized spacial score (nSPS) is 16.0. The van der Waals surface area contributed by atoms with Gasteiger partial charge in [0.05, 0.1) is 33.8 Å². The average molecular weight is 543 g/mol. The van der Waals surface area contributed by atoms with E-state index in [1.165, 1.54) is 35.5 Å². The van der Waals surface area contributed by atoms with Crippen LogP contribution in [-0.2, 0) is 16.0 Å². The number of carbonyl (C=O) groups is 3. The number of aromatic nitrogens is 1. The number of pyridine rings is 1. The number of hydrogen-bond donors (Lipinski definition) is 2. The molecule has 3 aromatic rings. The molecule has 0 fully saturated rings. The van der Waals surface area contributed by atoms with Gasteiger partial charge in [-0.15, -0.1) is 0 Å². The largest absolute Gasteiger partial charge is 0.444 e. The van der Waals surface area contributed by atoms with Crippen molar-refractivity contribution in [2.45, 2.75) is 39.0 Å². The van der Waals surface area contributed by atoms with Crippen molar-refractivity contribution in [3.63, 3.8) is 0 Å². The minimum atomic E-state index is -1.34. The molecule has 12 heteroatoms. The quantitative estimate of drug-likeness (QED) is 0.366. The molecule has 3 amide bonds. The molecule has 0 saturated heterocycles. The lowest BCUT2D eigenvalue weighted by Gasteiger charge is -2.22. The van der Waals surface area contributed by atoms with E-state index in [1.54, 1.807) is 45.0 Å². The van der Waals surface area contributed by atoms with E-state index in [4.69, 9.17) is 4.74 Å². The molecule has 2 aromatic carbocycles. The van der Waals surface area contributed by atoms with Crippen molar-refractivity contribution >= 4 is 40.7 Å². The molecule has 204 valence electrons. The standard InChI is InChI=1S/C28H26N6O6/c1-28(2,3)40-27(37)30-21-15-29-11-9-19(21)25(35)32-24-26(36)33-12-10-17-13-18(34(38)39)14-20(23(17)33)22(31-24)16-7-5-4-6-8-16/h4-9,11,13-15,24H,10,12H2,1-3H3,(H,30,37)(H,32,35)/t24-/m1/s1. The third-order valence-electron chi connectivity index (χ3n) is 6.29. The number of rotatable bonds is 5. The van der Waals surface area contributed by atoms with Crippen LogP contribution in [-0.4, -0.2) is 51.8 Å². The lowest BCUT2D eigenvalue weighted by atomic mass is 9.97. The van der Waals surface area contributed by atoms with Crippen molar-refractivity contribution < 1.29 is 24.0 Å². The van der Waals surface area contributed by atoms with Gasteiger partial charge in [-0.2, -0.15) is 0 Å². The highest BCUT2D eigenvalue weighted by Crippen LogP contribution is 2.39. The Morgan fingerprint density at radius 1 is 1.15 bits per heavy atom. The molecule has 0 unspecified atom stereocenters. The predicted molar refractivity (Wildman–Crippen MR) is 147 cm³/mol. The summed E-state index contributed by atoms with van der Waals surface area (Å²) in [5, 5.41) is 16.9. The van der Waals surface area contributed by atoms with E-state index in [-0.39, 0.29) is 23.5 Å². The molecule has 1 atom stereocenters. The highest BCUT2D eigenvalue weighted by atomic mass is 16.6. The summed E-state index contributed by atoms with van der Waals surface area (Å²) >= 11 is 0. The Morgan fingerprint density at radius 2 is 1.90 bits per heavy atom. The van der Waals surface area contributed by atoms with Gasteiger partial charge < -0.3 is 15.0 Å². The lowest BCUT2D eigenvalue weighted by Crippen LogP contribution is -2.47. The van der Waals surface area contributed by atoms with Gasteiger partial charge in [0.25, 0.3) is 17.5 Å². The number of aliphatic imine (C=N–C) groups is 1. The van der Waals surface area contributed by atoms with Crippen LogP contribution in [0.15, 0.2) is 65.9 Å². The molecule has 3 heterocycles. The Hall–Kier alpha value is -5.13. The summed E-state index contributed by atoms with van der Waals surface area (Å²) < 4.78 is 5.28.